The van der Waals surface area contributed by atoms with Gasteiger partial charge in [0.15, 0.2) is 0 Å². The van der Waals surface area contributed by atoms with E-state index in [2.05, 4.69) is 0 Å². The second kappa shape index (κ2) is 9.15. The largest absolute Gasteiger partial charge is 0.369 e. The Morgan fingerprint density at radius 1 is 0.875 bits per heavy atom. The van der Waals surface area contributed by atoms with E-state index in [9.17, 15) is 10.1 Å². The van der Waals surface area contributed by atoms with Crippen LogP contribution in [0.4, 0.5) is 0 Å². The van der Waals surface area contributed by atoms with Crippen molar-refractivity contribution in [1.29, 1.82) is 0 Å². The van der Waals surface area contributed by atoms with Gasteiger partial charge in [0.25, 0.3) is 5.54 Å². The molecule has 5 heteroatoms. The topological polar surface area (TPSA) is 61.6 Å². The van der Waals surface area contributed by atoms with Crippen LogP contribution in [0.1, 0.15) is 24.5 Å². The number of nitro groups is 1. The molecule has 0 atom stereocenters. The van der Waals surface area contributed by atoms with Crippen molar-refractivity contribution in [2.45, 2.75) is 32.1 Å². The van der Waals surface area contributed by atoms with E-state index in [1.54, 1.807) is 6.92 Å². The summed E-state index contributed by atoms with van der Waals surface area (Å²) in [6.45, 7) is 2.56. The van der Waals surface area contributed by atoms with E-state index in [0.29, 0.717) is 19.6 Å². The van der Waals surface area contributed by atoms with Gasteiger partial charge < -0.3 is 9.47 Å². The van der Waals surface area contributed by atoms with Crippen LogP contribution in [0.3, 0.4) is 0 Å². The third-order valence-corrected chi connectivity index (χ3v) is 4.01. The number of rotatable bonds is 10. The third-order valence-electron chi connectivity index (χ3n) is 4.01. The second-order valence-electron chi connectivity index (χ2n) is 5.79. The molecule has 0 aliphatic carbocycles. The molecule has 0 saturated heterocycles. The molecule has 24 heavy (non-hydrogen) atoms. The summed E-state index contributed by atoms with van der Waals surface area (Å²) in [6.07, 6.45) is 0.351. The molecule has 0 saturated carbocycles. The summed E-state index contributed by atoms with van der Waals surface area (Å²) in [5.74, 6) is 0. The van der Waals surface area contributed by atoms with Crippen molar-refractivity contribution in [1.82, 2.24) is 0 Å². The predicted octanol–water partition coefficient (Wildman–Crippen LogP) is 3.85. The number of ether oxygens (including phenoxy) is 2. The lowest BCUT2D eigenvalue weighted by molar-refractivity contribution is -0.580. The second-order valence-corrected chi connectivity index (χ2v) is 5.79. The van der Waals surface area contributed by atoms with Crippen LogP contribution < -0.4 is 0 Å². The van der Waals surface area contributed by atoms with E-state index >= 15 is 0 Å². The van der Waals surface area contributed by atoms with Crippen LogP contribution in [0, 0.1) is 10.1 Å². The zero-order valence-electron chi connectivity index (χ0n) is 13.9. The van der Waals surface area contributed by atoms with Gasteiger partial charge in [-0.1, -0.05) is 67.6 Å². The van der Waals surface area contributed by atoms with E-state index in [4.69, 9.17) is 9.47 Å². The first-order valence-corrected chi connectivity index (χ1v) is 8.04. The monoisotopic (exact) mass is 329 g/mol. The summed E-state index contributed by atoms with van der Waals surface area (Å²) in [5.41, 5.74) is 0.774. The van der Waals surface area contributed by atoms with Crippen molar-refractivity contribution in [2.75, 3.05) is 13.2 Å². The number of hydrogen-bond acceptors (Lipinski definition) is 4. The lowest BCUT2D eigenvalue weighted by atomic mass is 9.99. The standard InChI is InChI=1S/C19H23NO4/c1-2-19(20(21)22,15-23-13-17-9-5-3-6-10-17)16-24-14-18-11-7-4-8-12-18/h3-12H,2,13-16H2,1H3. The molecule has 2 aromatic carbocycles. The Morgan fingerprint density at radius 2 is 1.29 bits per heavy atom. The molecule has 0 bridgehead atoms. The maximum absolute atomic E-state index is 11.6. The summed E-state index contributed by atoms with van der Waals surface area (Å²) >= 11 is 0. The number of hydrogen-bond donors (Lipinski definition) is 0. The highest BCUT2D eigenvalue weighted by Gasteiger charge is 2.42. The highest BCUT2D eigenvalue weighted by molar-refractivity contribution is 5.14. The van der Waals surface area contributed by atoms with E-state index in [0.717, 1.165) is 11.1 Å². The van der Waals surface area contributed by atoms with Crippen molar-refractivity contribution in [3.05, 3.63) is 81.9 Å². The highest BCUT2D eigenvalue weighted by Crippen LogP contribution is 2.18. The van der Waals surface area contributed by atoms with Crippen LogP contribution >= 0.6 is 0 Å². The molecule has 0 N–H and O–H groups in total. The molecule has 0 amide bonds. The van der Waals surface area contributed by atoms with Gasteiger partial charge in [0, 0.05) is 11.3 Å². The molecule has 0 aliphatic heterocycles. The van der Waals surface area contributed by atoms with Crippen LogP contribution in [0.25, 0.3) is 0 Å². The van der Waals surface area contributed by atoms with Gasteiger partial charge in [0.1, 0.15) is 13.2 Å². The molecule has 0 unspecified atom stereocenters. The Balaban J connectivity index is 1.89. The first kappa shape index (κ1) is 18.1. The van der Waals surface area contributed by atoms with Gasteiger partial charge in [0.2, 0.25) is 0 Å². The summed E-state index contributed by atoms with van der Waals surface area (Å²) < 4.78 is 11.2. The number of benzene rings is 2. The summed E-state index contributed by atoms with van der Waals surface area (Å²) in [6, 6.07) is 19.3. The van der Waals surface area contributed by atoms with E-state index in [1.807, 2.05) is 60.7 Å². The Kier molecular flexibility index (Phi) is 6.90. The smallest absolute Gasteiger partial charge is 0.267 e. The molecule has 0 aliphatic rings. The van der Waals surface area contributed by atoms with Gasteiger partial charge in [-0.05, 0) is 11.1 Å². The van der Waals surface area contributed by atoms with Gasteiger partial charge in [-0.15, -0.1) is 0 Å². The maximum Gasteiger partial charge on any atom is 0.267 e. The van der Waals surface area contributed by atoms with Crippen molar-refractivity contribution < 1.29 is 14.4 Å². The minimum Gasteiger partial charge on any atom is -0.369 e. The predicted molar refractivity (Wildman–Crippen MR) is 92.2 cm³/mol. The maximum atomic E-state index is 11.6. The van der Waals surface area contributed by atoms with Gasteiger partial charge in [-0.2, -0.15) is 0 Å². The van der Waals surface area contributed by atoms with Crippen molar-refractivity contribution in [3.8, 4) is 0 Å². The third kappa shape index (κ3) is 5.15. The number of nitrogens with zero attached hydrogens (tertiary/aromatic N) is 1. The molecule has 0 aromatic heterocycles. The van der Waals surface area contributed by atoms with Crippen LogP contribution in [-0.2, 0) is 22.7 Å². The summed E-state index contributed by atoms with van der Waals surface area (Å²) in [5, 5.41) is 11.6. The highest BCUT2D eigenvalue weighted by atomic mass is 16.6. The van der Waals surface area contributed by atoms with Gasteiger partial charge in [-0.3, -0.25) is 10.1 Å². The summed E-state index contributed by atoms with van der Waals surface area (Å²) in [4.78, 5) is 11.3. The van der Waals surface area contributed by atoms with Gasteiger partial charge in [-0.25, -0.2) is 0 Å². The molecule has 0 fully saturated rings. The Morgan fingerprint density at radius 3 is 1.62 bits per heavy atom. The molecular formula is C19H23NO4. The molecular weight excluding hydrogens is 306 g/mol. The lowest BCUT2D eigenvalue weighted by Gasteiger charge is -2.24. The first-order chi connectivity index (χ1) is 11.7. The fourth-order valence-corrected chi connectivity index (χ4v) is 2.35. The van der Waals surface area contributed by atoms with Crippen molar-refractivity contribution in [3.63, 3.8) is 0 Å². The van der Waals surface area contributed by atoms with E-state index < -0.39 is 5.54 Å². The molecule has 2 rings (SSSR count). The van der Waals surface area contributed by atoms with Gasteiger partial charge in [0.05, 0.1) is 13.2 Å². The Hall–Kier alpha value is -2.24. The molecule has 2 aromatic rings. The van der Waals surface area contributed by atoms with Gasteiger partial charge >= 0.3 is 0 Å². The van der Waals surface area contributed by atoms with Crippen LogP contribution in [0.2, 0.25) is 0 Å². The van der Waals surface area contributed by atoms with E-state index in [-0.39, 0.29) is 18.1 Å². The zero-order chi connectivity index (χ0) is 17.3. The Bertz CT molecular complexity index is 570. The van der Waals surface area contributed by atoms with Crippen molar-refractivity contribution >= 4 is 0 Å². The average molecular weight is 329 g/mol. The normalized spacial score (nSPS) is 11.4. The SMILES string of the molecule is CCC(COCc1ccccc1)(COCc1ccccc1)[N+](=O)[O-]. The van der Waals surface area contributed by atoms with Crippen LogP contribution in [-0.4, -0.2) is 23.7 Å². The molecule has 0 heterocycles. The molecule has 5 nitrogen and oxygen atoms in total. The lowest BCUT2D eigenvalue weighted by Crippen LogP contribution is -2.46. The molecule has 0 radical (unpaired) electrons. The minimum atomic E-state index is -1.22. The van der Waals surface area contributed by atoms with Crippen LogP contribution in [0.5, 0.6) is 0 Å². The Labute approximate surface area is 142 Å². The van der Waals surface area contributed by atoms with Crippen molar-refractivity contribution in [2.24, 2.45) is 0 Å². The van der Waals surface area contributed by atoms with Crippen LogP contribution in [0.15, 0.2) is 60.7 Å². The molecule has 128 valence electrons. The summed E-state index contributed by atoms with van der Waals surface area (Å²) in [7, 11) is 0. The zero-order valence-corrected chi connectivity index (χ0v) is 13.9. The quantitative estimate of drug-likeness (QED) is 0.491. The fourth-order valence-electron chi connectivity index (χ4n) is 2.35. The average Bonchev–Trinajstić information content (AvgIpc) is 2.62. The fraction of sp³-hybridized carbons (Fsp3) is 0.368. The molecule has 0 spiro atoms. The van der Waals surface area contributed by atoms with E-state index in [1.165, 1.54) is 0 Å². The minimum absolute atomic E-state index is 0.0280. The first-order valence-electron chi connectivity index (χ1n) is 8.04.